The van der Waals surface area contributed by atoms with Gasteiger partial charge < -0.3 is 9.42 Å². The molecule has 1 aliphatic rings. The van der Waals surface area contributed by atoms with E-state index in [-0.39, 0.29) is 17.4 Å². The Morgan fingerprint density at radius 2 is 2.20 bits per heavy atom. The van der Waals surface area contributed by atoms with Gasteiger partial charge in [-0.15, -0.1) is 0 Å². The summed E-state index contributed by atoms with van der Waals surface area (Å²) >= 11 is 0. The number of amides is 1. The number of nitrogens with zero attached hydrogens (tertiary/aromatic N) is 4. The summed E-state index contributed by atoms with van der Waals surface area (Å²) < 4.78 is 6.53. The first kappa shape index (κ1) is 17.4. The summed E-state index contributed by atoms with van der Waals surface area (Å²) in [4.78, 5) is 26.3. The second-order valence-electron chi connectivity index (χ2n) is 6.83. The topological polar surface area (TPSA) is 81.2 Å². The van der Waals surface area contributed by atoms with E-state index in [9.17, 15) is 9.59 Å². The summed E-state index contributed by atoms with van der Waals surface area (Å²) in [6, 6.07) is 1.62. The van der Waals surface area contributed by atoms with Crippen LogP contribution in [0.1, 0.15) is 34.7 Å². The van der Waals surface area contributed by atoms with Gasteiger partial charge in [0.15, 0.2) is 0 Å². The van der Waals surface area contributed by atoms with Crippen LogP contribution in [0.25, 0.3) is 0 Å². The Kier molecular flexibility index (Phi) is 4.74. The number of aryl methyl sites for hydroxylation is 4. The Labute approximate surface area is 146 Å². The van der Waals surface area contributed by atoms with Crippen LogP contribution in [-0.2, 0) is 31.1 Å². The minimum atomic E-state index is -0.126. The Morgan fingerprint density at radius 1 is 1.44 bits per heavy atom. The third-order valence-electron chi connectivity index (χ3n) is 5.06. The molecule has 25 heavy (non-hydrogen) atoms. The lowest BCUT2D eigenvalue weighted by Crippen LogP contribution is -2.38. The third kappa shape index (κ3) is 3.50. The van der Waals surface area contributed by atoms with Crippen LogP contribution in [0, 0.1) is 19.8 Å². The molecule has 7 heteroatoms. The third-order valence-corrected chi connectivity index (χ3v) is 5.06. The molecule has 134 valence electrons. The van der Waals surface area contributed by atoms with Crippen LogP contribution in [0.4, 0.5) is 0 Å². The van der Waals surface area contributed by atoms with Crippen LogP contribution in [-0.4, -0.2) is 39.3 Å². The fourth-order valence-corrected chi connectivity index (χ4v) is 3.46. The molecule has 2 aromatic rings. The quantitative estimate of drug-likeness (QED) is 0.832. The first-order valence-corrected chi connectivity index (χ1v) is 8.59. The lowest BCUT2D eigenvalue weighted by atomic mass is 9.86. The van der Waals surface area contributed by atoms with Crippen molar-refractivity contribution in [3.8, 4) is 0 Å². The van der Waals surface area contributed by atoms with E-state index in [2.05, 4.69) is 10.3 Å². The zero-order valence-corrected chi connectivity index (χ0v) is 15.2. The van der Waals surface area contributed by atoms with Gasteiger partial charge in [0.25, 0.3) is 5.56 Å². The number of carbonyl (C=O) groups excluding carboxylic acids is 1. The summed E-state index contributed by atoms with van der Waals surface area (Å²) in [6.45, 7) is 4.43. The van der Waals surface area contributed by atoms with E-state index in [1.54, 1.807) is 18.0 Å². The first-order valence-electron chi connectivity index (χ1n) is 8.59. The lowest BCUT2D eigenvalue weighted by Gasteiger charge is -2.27. The van der Waals surface area contributed by atoms with E-state index in [4.69, 9.17) is 4.52 Å². The number of hydrogen-bond acceptors (Lipinski definition) is 5. The van der Waals surface area contributed by atoms with E-state index >= 15 is 0 Å². The summed E-state index contributed by atoms with van der Waals surface area (Å²) in [7, 11) is 3.49. The molecule has 0 bridgehead atoms. The molecule has 2 heterocycles. The van der Waals surface area contributed by atoms with Crippen molar-refractivity contribution >= 4 is 5.91 Å². The van der Waals surface area contributed by atoms with Gasteiger partial charge in [-0.2, -0.15) is 5.10 Å². The van der Waals surface area contributed by atoms with Crippen LogP contribution < -0.4 is 5.56 Å². The second kappa shape index (κ2) is 6.82. The van der Waals surface area contributed by atoms with Gasteiger partial charge in [0.1, 0.15) is 5.76 Å². The van der Waals surface area contributed by atoms with Crippen molar-refractivity contribution in [3.63, 3.8) is 0 Å². The summed E-state index contributed by atoms with van der Waals surface area (Å²) in [6.07, 6.45) is 2.83. The molecule has 0 saturated carbocycles. The van der Waals surface area contributed by atoms with Crippen LogP contribution in [0.15, 0.2) is 15.4 Å². The Morgan fingerprint density at radius 3 is 2.88 bits per heavy atom. The molecule has 2 aromatic heterocycles. The van der Waals surface area contributed by atoms with Gasteiger partial charge in [-0.3, -0.25) is 9.59 Å². The fraction of sp³-hybridized carbons (Fsp3) is 0.556. The van der Waals surface area contributed by atoms with Crippen molar-refractivity contribution in [1.82, 2.24) is 19.8 Å². The highest BCUT2D eigenvalue weighted by molar-refractivity contribution is 5.79. The highest BCUT2D eigenvalue weighted by Gasteiger charge is 2.28. The van der Waals surface area contributed by atoms with Gasteiger partial charge in [-0.05, 0) is 45.1 Å². The highest BCUT2D eigenvalue weighted by atomic mass is 16.5. The monoisotopic (exact) mass is 344 g/mol. The van der Waals surface area contributed by atoms with E-state index in [1.165, 1.54) is 4.68 Å². The van der Waals surface area contributed by atoms with E-state index < -0.39 is 0 Å². The summed E-state index contributed by atoms with van der Waals surface area (Å²) in [5, 5.41) is 8.26. The summed E-state index contributed by atoms with van der Waals surface area (Å²) in [5.41, 5.74) is 3.67. The average molecular weight is 344 g/mol. The highest BCUT2D eigenvalue weighted by Crippen LogP contribution is 2.24. The van der Waals surface area contributed by atoms with Crippen molar-refractivity contribution in [2.24, 2.45) is 13.0 Å². The normalized spacial score (nSPS) is 16.6. The van der Waals surface area contributed by atoms with Gasteiger partial charge in [0.2, 0.25) is 5.91 Å². The van der Waals surface area contributed by atoms with Crippen LogP contribution in [0.5, 0.6) is 0 Å². The van der Waals surface area contributed by atoms with E-state index in [0.717, 1.165) is 47.5 Å². The average Bonchev–Trinajstić information content (AvgIpc) is 2.91. The fourth-order valence-electron chi connectivity index (χ4n) is 3.46. The van der Waals surface area contributed by atoms with Crippen LogP contribution in [0.2, 0.25) is 0 Å². The maximum atomic E-state index is 12.8. The van der Waals surface area contributed by atoms with E-state index in [0.29, 0.717) is 13.0 Å². The Bertz CT molecular complexity index is 833. The molecule has 1 unspecified atom stereocenters. The molecule has 0 N–H and O–H groups in total. The minimum Gasteiger partial charge on any atom is -0.361 e. The number of likely N-dealkylation sites (N-methyl/N-ethyl adjacent to an activating group) is 1. The Balaban J connectivity index is 1.65. The number of carbonyl (C=O) groups is 1. The Hall–Kier alpha value is -2.44. The maximum absolute atomic E-state index is 12.8. The molecule has 3 rings (SSSR count). The smallest absolute Gasteiger partial charge is 0.266 e. The molecular formula is C18H24N4O3. The summed E-state index contributed by atoms with van der Waals surface area (Å²) in [5.74, 6) is 0.848. The van der Waals surface area contributed by atoms with Crippen molar-refractivity contribution in [2.45, 2.75) is 39.5 Å². The zero-order chi connectivity index (χ0) is 18.1. The standard InChI is InChI=1S/C18H24N4O3/c1-11-15(12(2)25-20-11)7-8-21(3)18(24)13-5-6-16-14(9-13)10-17(23)22(4)19-16/h10,13H,5-9H2,1-4H3. The molecular weight excluding hydrogens is 320 g/mol. The van der Waals surface area contributed by atoms with Gasteiger partial charge >= 0.3 is 0 Å². The molecule has 0 aromatic carbocycles. The predicted molar refractivity (Wildman–Crippen MR) is 92.3 cm³/mol. The number of rotatable bonds is 4. The van der Waals surface area contributed by atoms with Gasteiger partial charge in [0.05, 0.1) is 11.4 Å². The molecule has 0 fully saturated rings. The van der Waals surface area contributed by atoms with Crippen LogP contribution in [0.3, 0.4) is 0 Å². The molecule has 7 nitrogen and oxygen atoms in total. The first-order chi connectivity index (χ1) is 11.9. The number of fused-ring (bicyclic) bond motifs is 1. The SMILES string of the molecule is Cc1noc(C)c1CCN(C)C(=O)C1CCc2nn(C)c(=O)cc2C1. The molecule has 0 saturated heterocycles. The van der Waals surface area contributed by atoms with Crippen molar-refractivity contribution in [2.75, 3.05) is 13.6 Å². The number of hydrogen-bond donors (Lipinski definition) is 0. The zero-order valence-electron chi connectivity index (χ0n) is 15.2. The number of aromatic nitrogens is 3. The van der Waals surface area contributed by atoms with Gasteiger partial charge in [-0.25, -0.2) is 4.68 Å². The molecule has 1 aliphatic carbocycles. The maximum Gasteiger partial charge on any atom is 0.266 e. The molecule has 0 aliphatic heterocycles. The van der Waals surface area contributed by atoms with Crippen molar-refractivity contribution in [3.05, 3.63) is 44.7 Å². The van der Waals surface area contributed by atoms with Crippen LogP contribution >= 0.6 is 0 Å². The second-order valence-corrected chi connectivity index (χ2v) is 6.83. The van der Waals surface area contributed by atoms with E-state index in [1.807, 2.05) is 20.9 Å². The van der Waals surface area contributed by atoms with Crippen molar-refractivity contribution < 1.29 is 9.32 Å². The largest absolute Gasteiger partial charge is 0.361 e. The van der Waals surface area contributed by atoms with Gasteiger partial charge in [-0.1, -0.05) is 5.16 Å². The molecule has 0 radical (unpaired) electrons. The molecule has 0 spiro atoms. The van der Waals surface area contributed by atoms with Crippen molar-refractivity contribution in [1.29, 1.82) is 0 Å². The lowest BCUT2D eigenvalue weighted by molar-refractivity contribution is -0.134. The molecule has 1 amide bonds. The minimum absolute atomic E-state index is 0.0870. The van der Waals surface area contributed by atoms with Gasteiger partial charge in [0, 0.05) is 38.2 Å². The predicted octanol–water partition coefficient (Wildman–Crippen LogP) is 1.19. The molecule has 1 atom stereocenters.